The first-order valence-corrected chi connectivity index (χ1v) is 6.34. The van der Waals surface area contributed by atoms with Crippen molar-refractivity contribution >= 4 is 5.95 Å². The van der Waals surface area contributed by atoms with E-state index in [0.29, 0.717) is 12.0 Å². The van der Waals surface area contributed by atoms with Crippen molar-refractivity contribution in [2.75, 3.05) is 5.32 Å². The van der Waals surface area contributed by atoms with Gasteiger partial charge in [0.2, 0.25) is 5.95 Å². The average molecular weight is 219 g/mol. The van der Waals surface area contributed by atoms with Crippen LogP contribution in [0.2, 0.25) is 0 Å². The van der Waals surface area contributed by atoms with Gasteiger partial charge in [-0.3, -0.25) is 0 Å². The van der Waals surface area contributed by atoms with Crippen molar-refractivity contribution in [3.63, 3.8) is 0 Å². The lowest BCUT2D eigenvalue weighted by Gasteiger charge is -2.21. The molecule has 1 fully saturated rings. The van der Waals surface area contributed by atoms with Crippen molar-refractivity contribution in [1.82, 2.24) is 9.97 Å². The van der Waals surface area contributed by atoms with Crippen molar-refractivity contribution in [2.24, 2.45) is 0 Å². The smallest absolute Gasteiger partial charge is 0.222 e. The third-order valence-electron chi connectivity index (χ3n) is 3.17. The summed E-state index contributed by atoms with van der Waals surface area (Å²) in [7, 11) is 0. The summed E-state index contributed by atoms with van der Waals surface area (Å²) in [5.41, 5.74) is 1.31. The summed E-state index contributed by atoms with van der Waals surface area (Å²) in [4.78, 5) is 8.74. The molecule has 0 bridgehead atoms. The van der Waals surface area contributed by atoms with Gasteiger partial charge in [-0.15, -0.1) is 0 Å². The van der Waals surface area contributed by atoms with Crippen molar-refractivity contribution < 1.29 is 0 Å². The first-order valence-electron chi connectivity index (χ1n) is 6.34. The third-order valence-corrected chi connectivity index (χ3v) is 3.17. The van der Waals surface area contributed by atoms with Crippen LogP contribution in [0.3, 0.4) is 0 Å². The van der Waals surface area contributed by atoms with Crippen LogP contribution in [-0.4, -0.2) is 16.0 Å². The second-order valence-corrected chi connectivity index (χ2v) is 4.97. The van der Waals surface area contributed by atoms with E-state index in [9.17, 15) is 0 Å². The number of anilines is 1. The SMILES string of the molecule is CC(C)Nc1ncc(C2CCCCC2)cn1. The monoisotopic (exact) mass is 219 g/mol. The molecule has 1 aliphatic rings. The van der Waals surface area contributed by atoms with Crippen LogP contribution in [-0.2, 0) is 0 Å². The second-order valence-electron chi connectivity index (χ2n) is 4.97. The summed E-state index contributed by atoms with van der Waals surface area (Å²) >= 11 is 0. The largest absolute Gasteiger partial charge is 0.352 e. The lowest BCUT2D eigenvalue weighted by molar-refractivity contribution is 0.442. The summed E-state index contributed by atoms with van der Waals surface area (Å²) in [6, 6.07) is 0.389. The molecule has 0 amide bonds. The Morgan fingerprint density at radius 3 is 2.31 bits per heavy atom. The van der Waals surface area contributed by atoms with Crippen molar-refractivity contribution in [2.45, 2.75) is 57.9 Å². The van der Waals surface area contributed by atoms with Crippen LogP contribution in [0.5, 0.6) is 0 Å². The van der Waals surface area contributed by atoms with Crippen molar-refractivity contribution in [3.8, 4) is 0 Å². The number of hydrogen-bond donors (Lipinski definition) is 1. The molecule has 0 spiro atoms. The molecule has 1 aliphatic carbocycles. The number of nitrogens with zero attached hydrogens (tertiary/aromatic N) is 2. The molecule has 1 saturated carbocycles. The highest BCUT2D eigenvalue weighted by Crippen LogP contribution is 2.31. The fourth-order valence-corrected chi connectivity index (χ4v) is 2.32. The van der Waals surface area contributed by atoms with Gasteiger partial charge in [-0.1, -0.05) is 19.3 Å². The average Bonchev–Trinajstić information content (AvgIpc) is 2.30. The van der Waals surface area contributed by atoms with Crippen LogP contribution in [0.1, 0.15) is 57.4 Å². The molecule has 0 aromatic carbocycles. The number of rotatable bonds is 3. The first kappa shape index (κ1) is 11.4. The summed E-state index contributed by atoms with van der Waals surface area (Å²) < 4.78 is 0. The van der Waals surface area contributed by atoms with Gasteiger partial charge in [0, 0.05) is 18.4 Å². The van der Waals surface area contributed by atoms with Crippen LogP contribution < -0.4 is 5.32 Å². The summed E-state index contributed by atoms with van der Waals surface area (Å²) in [6.45, 7) is 4.19. The van der Waals surface area contributed by atoms with Gasteiger partial charge >= 0.3 is 0 Å². The predicted octanol–water partition coefficient (Wildman–Crippen LogP) is 3.34. The van der Waals surface area contributed by atoms with Crippen LogP contribution in [0.15, 0.2) is 12.4 Å². The number of aromatic nitrogens is 2. The Hall–Kier alpha value is -1.12. The fraction of sp³-hybridized carbons (Fsp3) is 0.692. The summed E-state index contributed by atoms with van der Waals surface area (Å²) in [5.74, 6) is 1.44. The van der Waals surface area contributed by atoms with E-state index in [0.717, 1.165) is 5.95 Å². The van der Waals surface area contributed by atoms with E-state index in [1.165, 1.54) is 37.7 Å². The number of hydrogen-bond acceptors (Lipinski definition) is 3. The Kier molecular flexibility index (Phi) is 3.75. The molecule has 1 aromatic rings. The molecule has 0 radical (unpaired) electrons. The van der Waals surface area contributed by atoms with Gasteiger partial charge < -0.3 is 5.32 Å². The highest BCUT2D eigenvalue weighted by Gasteiger charge is 2.16. The molecule has 2 rings (SSSR count). The van der Waals surface area contributed by atoms with Gasteiger partial charge in [-0.05, 0) is 38.2 Å². The predicted molar refractivity (Wildman–Crippen MR) is 66.6 cm³/mol. The Bertz CT molecular complexity index is 312. The minimum atomic E-state index is 0.389. The molecule has 1 heterocycles. The molecule has 0 saturated heterocycles. The van der Waals surface area contributed by atoms with E-state index in [2.05, 4.69) is 29.1 Å². The molecule has 3 heteroatoms. The molecule has 0 aliphatic heterocycles. The zero-order valence-corrected chi connectivity index (χ0v) is 10.2. The fourth-order valence-electron chi connectivity index (χ4n) is 2.32. The quantitative estimate of drug-likeness (QED) is 0.847. The third kappa shape index (κ3) is 2.94. The highest BCUT2D eigenvalue weighted by molar-refractivity contribution is 5.26. The van der Waals surface area contributed by atoms with Gasteiger partial charge in [-0.2, -0.15) is 0 Å². The van der Waals surface area contributed by atoms with Crippen molar-refractivity contribution in [1.29, 1.82) is 0 Å². The highest BCUT2D eigenvalue weighted by atomic mass is 15.1. The maximum absolute atomic E-state index is 4.37. The lowest BCUT2D eigenvalue weighted by Crippen LogP contribution is -2.13. The summed E-state index contributed by atoms with van der Waals surface area (Å²) in [5, 5.41) is 3.21. The van der Waals surface area contributed by atoms with E-state index in [-0.39, 0.29) is 0 Å². The van der Waals surface area contributed by atoms with E-state index in [4.69, 9.17) is 0 Å². The van der Waals surface area contributed by atoms with E-state index >= 15 is 0 Å². The lowest BCUT2D eigenvalue weighted by atomic mass is 9.85. The molecule has 88 valence electrons. The number of nitrogens with one attached hydrogen (secondary N) is 1. The standard InChI is InChI=1S/C13H21N3/c1-10(2)16-13-14-8-12(9-15-13)11-6-4-3-5-7-11/h8-11H,3-7H2,1-2H3,(H,14,15,16). The van der Waals surface area contributed by atoms with Gasteiger partial charge in [0.1, 0.15) is 0 Å². The van der Waals surface area contributed by atoms with Gasteiger partial charge in [0.25, 0.3) is 0 Å². The van der Waals surface area contributed by atoms with Gasteiger partial charge in [0.05, 0.1) is 0 Å². The van der Waals surface area contributed by atoms with E-state index in [1.54, 1.807) is 0 Å². The molecule has 0 unspecified atom stereocenters. The van der Waals surface area contributed by atoms with Gasteiger partial charge in [-0.25, -0.2) is 9.97 Å². The van der Waals surface area contributed by atoms with Crippen molar-refractivity contribution in [3.05, 3.63) is 18.0 Å². The maximum Gasteiger partial charge on any atom is 0.222 e. The molecular weight excluding hydrogens is 198 g/mol. The molecule has 16 heavy (non-hydrogen) atoms. The summed E-state index contributed by atoms with van der Waals surface area (Å²) in [6.07, 6.45) is 10.7. The molecule has 1 N–H and O–H groups in total. The first-order chi connectivity index (χ1) is 7.75. The Balaban J connectivity index is 2.00. The Labute approximate surface area is 97.7 Å². The molecule has 0 atom stereocenters. The van der Waals surface area contributed by atoms with E-state index < -0.39 is 0 Å². The van der Waals surface area contributed by atoms with Gasteiger partial charge in [0.15, 0.2) is 0 Å². The van der Waals surface area contributed by atoms with Crippen LogP contribution in [0.4, 0.5) is 5.95 Å². The van der Waals surface area contributed by atoms with Crippen LogP contribution in [0.25, 0.3) is 0 Å². The normalized spacial score (nSPS) is 17.7. The second kappa shape index (κ2) is 5.28. The Morgan fingerprint density at radius 1 is 1.12 bits per heavy atom. The maximum atomic E-state index is 4.37. The van der Waals surface area contributed by atoms with Crippen LogP contribution >= 0.6 is 0 Å². The topological polar surface area (TPSA) is 37.8 Å². The Morgan fingerprint density at radius 2 is 1.75 bits per heavy atom. The minimum Gasteiger partial charge on any atom is -0.352 e. The van der Waals surface area contributed by atoms with Crippen LogP contribution in [0, 0.1) is 0 Å². The zero-order chi connectivity index (χ0) is 11.4. The molecule has 3 nitrogen and oxygen atoms in total. The molecular formula is C13H21N3. The van der Waals surface area contributed by atoms with E-state index in [1.807, 2.05) is 12.4 Å². The zero-order valence-electron chi connectivity index (χ0n) is 10.2. The molecule has 1 aromatic heterocycles. The minimum absolute atomic E-state index is 0.389.